The maximum Gasteiger partial charge on any atom is 0.347 e. The van der Waals surface area contributed by atoms with E-state index in [9.17, 15) is 23.5 Å². The first kappa shape index (κ1) is 17.1. The third-order valence-electron chi connectivity index (χ3n) is 4.18. The van der Waals surface area contributed by atoms with Crippen LogP contribution in [0.2, 0.25) is 0 Å². The first-order valence-electron chi connectivity index (χ1n) is 7.76. The number of ketones is 1. The molecule has 0 radical (unpaired) electrons. The smallest absolute Gasteiger partial charge is 0.347 e. The maximum absolute atomic E-state index is 13.6. The lowest BCUT2D eigenvalue weighted by molar-refractivity contribution is -0.152. The second-order valence-corrected chi connectivity index (χ2v) is 6.50. The predicted octanol–water partition coefficient (Wildman–Crippen LogP) is 4.00. The molecule has 25 heavy (non-hydrogen) atoms. The Bertz CT molecular complexity index is 867. The van der Waals surface area contributed by atoms with Crippen molar-refractivity contribution in [2.75, 3.05) is 0 Å². The summed E-state index contributed by atoms with van der Waals surface area (Å²) in [6, 6.07) is 6.14. The molecule has 0 saturated heterocycles. The van der Waals surface area contributed by atoms with Gasteiger partial charge in [-0.25, -0.2) is 13.6 Å². The second-order valence-electron chi connectivity index (χ2n) is 6.50. The van der Waals surface area contributed by atoms with Gasteiger partial charge in [0.15, 0.2) is 11.4 Å². The number of carboxylic acid groups (broad SMARTS) is 1. The number of halogens is 2. The van der Waals surface area contributed by atoms with Gasteiger partial charge < -0.3 is 9.84 Å². The zero-order valence-electron chi connectivity index (χ0n) is 13.7. The predicted molar refractivity (Wildman–Crippen MR) is 86.8 cm³/mol. The Morgan fingerprint density at radius 2 is 1.68 bits per heavy atom. The van der Waals surface area contributed by atoms with Gasteiger partial charge in [-0.3, -0.25) is 4.79 Å². The molecule has 0 aromatic heterocycles. The SMILES string of the molecule is CC(C)(Oc1cc2c(cc1-c1cc(F)cc(F)c1)CCC2=O)C(=O)O. The van der Waals surface area contributed by atoms with E-state index in [2.05, 4.69) is 0 Å². The van der Waals surface area contributed by atoms with Crippen molar-refractivity contribution in [1.82, 2.24) is 0 Å². The zero-order chi connectivity index (χ0) is 18.4. The van der Waals surface area contributed by atoms with Crippen LogP contribution in [0, 0.1) is 11.6 Å². The van der Waals surface area contributed by atoms with Crippen molar-refractivity contribution < 1.29 is 28.2 Å². The lowest BCUT2D eigenvalue weighted by atomic mass is 9.98. The number of fused-ring (bicyclic) bond motifs is 1. The summed E-state index contributed by atoms with van der Waals surface area (Å²) in [5.41, 5.74) is 0.204. The van der Waals surface area contributed by atoms with Crippen LogP contribution in [-0.2, 0) is 11.2 Å². The van der Waals surface area contributed by atoms with Crippen molar-refractivity contribution in [3.05, 3.63) is 53.1 Å². The molecular formula is C19H16F2O4. The average Bonchev–Trinajstić information content (AvgIpc) is 2.86. The first-order chi connectivity index (χ1) is 11.7. The van der Waals surface area contributed by atoms with Crippen LogP contribution in [0.5, 0.6) is 5.75 Å². The fraction of sp³-hybridized carbons (Fsp3) is 0.263. The van der Waals surface area contributed by atoms with Crippen molar-refractivity contribution in [3.8, 4) is 16.9 Å². The Kier molecular flexibility index (Phi) is 4.06. The monoisotopic (exact) mass is 346 g/mol. The summed E-state index contributed by atoms with van der Waals surface area (Å²) in [6.07, 6.45) is 0.875. The van der Waals surface area contributed by atoms with Crippen molar-refractivity contribution >= 4 is 11.8 Å². The van der Waals surface area contributed by atoms with E-state index in [-0.39, 0.29) is 17.1 Å². The Hall–Kier alpha value is -2.76. The number of carbonyl (C=O) groups is 2. The Morgan fingerprint density at radius 3 is 2.28 bits per heavy atom. The Labute approximate surface area is 143 Å². The van der Waals surface area contributed by atoms with Gasteiger partial charge >= 0.3 is 5.97 Å². The van der Waals surface area contributed by atoms with Crippen LogP contribution in [0.1, 0.15) is 36.2 Å². The van der Waals surface area contributed by atoms with Gasteiger partial charge in [0.2, 0.25) is 0 Å². The van der Waals surface area contributed by atoms with Gasteiger partial charge in [0.1, 0.15) is 17.4 Å². The van der Waals surface area contributed by atoms with Crippen molar-refractivity contribution in [1.29, 1.82) is 0 Å². The summed E-state index contributed by atoms with van der Waals surface area (Å²) in [5, 5.41) is 9.29. The van der Waals surface area contributed by atoms with E-state index in [0.717, 1.165) is 23.8 Å². The molecule has 0 unspecified atom stereocenters. The summed E-state index contributed by atoms with van der Waals surface area (Å²) < 4.78 is 32.8. The normalized spacial score (nSPS) is 13.7. The summed E-state index contributed by atoms with van der Waals surface area (Å²) in [4.78, 5) is 23.3. The third-order valence-corrected chi connectivity index (χ3v) is 4.18. The fourth-order valence-electron chi connectivity index (χ4n) is 2.81. The molecule has 0 amide bonds. The molecule has 1 aliphatic rings. The van der Waals surface area contributed by atoms with Gasteiger partial charge in [0, 0.05) is 23.6 Å². The van der Waals surface area contributed by atoms with Gasteiger partial charge in [-0.05, 0) is 55.7 Å². The molecule has 2 aromatic carbocycles. The number of benzene rings is 2. The molecule has 0 saturated carbocycles. The quantitative estimate of drug-likeness (QED) is 0.909. The number of hydrogen-bond donors (Lipinski definition) is 1. The molecule has 2 aromatic rings. The molecule has 0 spiro atoms. The van der Waals surface area contributed by atoms with E-state index in [0.29, 0.717) is 24.0 Å². The number of rotatable bonds is 4. The van der Waals surface area contributed by atoms with Crippen LogP contribution in [0.3, 0.4) is 0 Å². The maximum atomic E-state index is 13.6. The number of ether oxygens (including phenoxy) is 1. The first-order valence-corrected chi connectivity index (χ1v) is 7.76. The minimum absolute atomic E-state index is 0.0649. The highest BCUT2D eigenvalue weighted by atomic mass is 19.1. The van der Waals surface area contributed by atoms with Crippen molar-refractivity contribution in [2.24, 2.45) is 0 Å². The largest absolute Gasteiger partial charge is 0.478 e. The van der Waals surface area contributed by atoms with Gasteiger partial charge in [-0.2, -0.15) is 0 Å². The fourth-order valence-corrected chi connectivity index (χ4v) is 2.81. The number of hydrogen-bond acceptors (Lipinski definition) is 3. The van der Waals surface area contributed by atoms with E-state index in [4.69, 9.17) is 4.74 Å². The summed E-state index contributed by atoms with van der Waals surface area (Å²) in [6.45, 7) is 2.72. The van der Waals surface area contributed by atoms with Crippen LogP contribution in [-0.4, -0.2) is 22.5 Å². The highest BCUT2D eigenvalue weighted by molar-refractivity contribution is 6.01. The molecule has 130 valence electrons. The molecule has 0 aliphatic heterocycles. The molecule has 0 fully saturated rings. The molecule has 1 aliphatic carbocycles. The molecule has 4 nitrogen and oxygen atoms in total. The van der Waals surface area contributed by atoms with E-state index in [1.165, 1.54) is 19.9 Å². The number of Topliss-reactive ketones (excluding diaryl/α,β-unsaturated/α-hetero) is 1. The molecule has 6 heteroatoms. The van der Waals surface area contributed by atoms with Crippen LogP contribution >= 0.6 is 0 Å². The lowest BCUT2D eigenvalue weighted by Gasteiger charge is -2.24. The van der Waals surface area contributed by atoms with Crippen LogP contribution in [0.15, 0.2) is 30.3 Å². The van der Waals surface area contributed by atoms with Gasteiger partial charge in [-0.1, -0.05) is 0 Å². The van der Waals surface area contributed by atoms with Crippen LogP contribution in [0.4, 0.5) is 8.78 Å². The topological polar surface area (TPSA) is 63.6 Å². The third kappa shape index (κ3) is 3.24. The molecule has 1 N–H and O–H groups in total. The van der Waals surface area contributed by atoms with Crippen molar-refractivity contribution in [2.45, 2.75) is 32.3 Å². The lowest BCUT2D eigenvalue weighted by Crippen LogP contribution is -2.38. The highest BCUT2D eigenvalue weighted by Crippen LogP contribution is 2.38. The van der Waals surface area contributed by atoms with E-state index in [1.54, 1.807) is 6.07 Å². The van der Waals surface area contributed by atoms with E-state index >= 15 is 0 Å². The minimum atomic E-state index is -1.57. The number of aryl methyl sites for hydroxylation is 1. The van der Waals surface area contributed by atoms with Gasteiger partial charge in [0.05, 0.1) is 0 Å². The number of carbonyl (C=O) groups excluding carboxylic acids is 1. The van der Waals surface area contributed by atoms with Crippen molar-refractivity contribution in [3.63, 3.8) is 0 Å². The minimum Gasteiger partial charge on any atom is -0.478 e. The summed E-state index contributed by atoms with van der Waals surface area (Å²) in [5.74, 6) is -2.67. The van der Waals surface area contributed by atoms with E-state index < -0.39 is 23.2 Å². The standard InChI is InChI=1S/C19H16F2O4/c1-19(2,18(23)24)25-17-9-14-10(3-4-16(14)22)7-15(17)11-5-12(20)8-13(21)6-11/h5-9H,3-4H2,1-2H3,(H,23,24). The molecule has 0 atom stereocenters. The van der Waals surface area contributed by atoms with Gasteiger partial charge in [-0.15, -0.1) is 0 Å². The average molecular weight is 346 g/mol. The Balaban J connectivity index is 2.19. The molecule has 0 heterocycles. The van der Waals surface area contributed by atoms with Crippen LogP contribution in [0.25, 0.3) is 11.1 Å². The Morgan fingerprint density at radius 1 is 1.04 bits per heavy atom. The summed E-state index contributed by atoms with van der Waals surface area (Å²) >= 11 is 0. The van der Waals surface area contributed by atoms with Gasteiger partial charge in [0.25, 0.3) is 0 Å². The zero-order valence-corrected chi connectivity index (χ0v) is 13.7. The van der Waals surface area contributed by atoms with E-state index in [1.807, 2.05) is 0 Å². The van der Waals surface area contributed by atoms with Crippen LogP contribution < -0.4 is 4.74 Å². The molecule has 3 rings (SSSR count). The summed E-state index contributed by atoms with van der Waals surface area (Å²) in [7, 11) is 0. The highest BCUT2D eigenvalue weighted by Gasteiger charge is 2.32. The second kappa shape index (κ2) is 5.95. The number of carboxylic acids is 1. The molecule has 0 bridgehead atoms. The molecular weight excluding hydrogens is 330 g/mol. The number of aliphatic carboxylic acids is 1.